The molecular weight excluding hydrogens is 144 g/mol. The number of nitrogens with one attached hydrogen (secondary N) is 2. The quantitative estimate of drug-likeness (QED) is 0.385. The maximum atomic E-state index is 3.33. The van der Waals surface area contributed by atoms with Gasteiger partial charge in [-0.25, -0.2) is 5.43 Å². The maximum absolute atomic E-state index is 3.33. The fourth-order valence-electron chi connectivity index (χ4n) is 0.371. The van der Waals surface area contributed by atoms with Crippen LogP contribution in [0.5, 0.6) is 0 Å². The van der Waals surface area contributed by atoms with E-state index in [4.69, 9.17) is 0 Å². The third-order valence-corrected chi connectivity index (χ3v) is 1.27. The Kier molecular flexibility index (Phi) is 1.45. The Labute approximate surface area is 45.4 Å². The van der Waals surface area contributed by atoms with Crippen LogP contribution in [0.1, 0.15) is 6.42 Å². The topological polar surface area (TPSA) is 24.1 Å². The number of hydrazine groups is 1. The van der Waals surface area contributed by atoms with E-state index in [1.165, 1.54) is 0 Å². The summed E-state index contributed by atoms with van der Waals surface area (Å²) >= 11 is 3.33. The average Bonchev–Trinajstić information content (AvgIpc) is 1.86. The maximum Gasteiger partial charge on any atom is 0.0779 e. The van der Waals surface area contributed by atoms with Crippen molar-refractivity contribution in [3.8, 4) is 0 Å². The Morgan fingerprint density at radius 1 is 1.83 bits per heavy atom. The van der Waals surface area contributed by atoms with E-state index in [2.05, 4.69) is 26.8 Å². The van der Waals surface area contributed by atoms with Gasteiger partial charge in [0.15, 0.2) is 0 Å². The molecule has 0 bridgehead atoms. The highest BCUT2D eigenvalue weighted by atomic mass is 79.9. The SMILES string of the molecule is BrC1C[CH]NN1. The molecule has 0 aromatic carbocycles. The molecule has 0 aromatic heterocycles. The first-order valence-corrected chi connectivity index (χ1v) is 2.78. The zero-order chi connectivity index (χ0) is 4.41. The van der Waals surface area contributed by atoms with Gasteiger partial charge in [-0.1, -0.05) is 15.9 Å². The molecule has 0 aliphatic carbocycles. The molecule has 0 aromatic rings. The standard InChI is InChI=1S/C3H6BrN2/c4-3-1-2-5-6-3/h2-3,5-6H,1H2. The number of hydrogen-bond donors (Lipinski definition) is 2. The largest absolute Gasteiger partial charge is 0.252 e. The van der Waals surface area contributed by atoms with Gasteiger partial charge in [-0.05, 0) is 6.42 Å². The van der Waals surface area contributed by atoms with Gasteiger partial charge in [0.25, 0.3) is 0 Å². The van der Waals surface area contributed by atoms with E-state index in [-0.39, 0.29) is 0 Å². The van der Waals surface area contributed by atoms with E-state index < -0.39 is 0 Å². The molecule has 3 heteroatoms. The normalized spacial score (nSPS) is 34.5. The van der Waals surface area contributed by atoms with Crippen LogP contribution in [0.3, 0.4) is 0 Å². The lowest BCUT2D eigenvalue weighted by molar-refractivity contribution is 0.696. The van der Waals surface area contributed by atoms with Crippen LogP contribution in [0.4, 0.5) is 0 Å². The van der Waals surface area contributed by atoms with Crippen LogP contribution in [0.2, 0.25) is 0 Å². The molecule has 1 aliphatic heterocycles. The lowest BCUT2D eigenvalue weighted by atomic mass is 10.5. The van der Waals surface area contributed by atoms with Crippen LogP contribution in [0, 0.1) is 6.54 Å². The smallest absolute Gasteiger partial charge is 0.0779 e. The van der Waals surface area contributed by atoms with Gasteiger partial charge in [-0.2, -0.15) is 0 Å². The number of rotatable bonds is 0. The summed E-state index contributed by atoms with van der Waals surface area (Å²) in [6, 6.07) is 0. The number of alkyl halides is 1. The van der Waals surface area contributed by atoms with Crippen molar-refractivity contribution in [3.05, 3.63) is 6.54 Å². The fourth-order valence-corrected chi connectivity index (χ4v) is 0.690. The average molecular weight is 150 g/mol. The summed E-state index contributed by atoms with van der Waals surface area (Å²) in [5.74, 6) is 0. The molecule has 1 fully saturated rings. The summed E-state index contributed by atoms with van der Waals surface area (Å²) in [6.07, 6.45) is 1.06. The lowest BCUT2D eigenvalue weighted by Crippen LogP contribution is -2.24. The molecule has 2 nitrogen and oxygen atoms in total. The van der Waals surface area contributed by atoms with Crippen molar-refractivity contribution in [3.63, 3.8) is 0 Å². The summed E-state index contributed by atoms with van der Waals surface area (Å²) in [5.41, 5.74) is 5.78. The molecule has 1 heterocycles. The molecule has 1 atom stereocenters. The second-order valence-electron chi connectivity index (χ2n) is 1.20. The molecular formula is C3H6BrN2. The summed E-state index contributed by atoms with van der Waals surface area (Å²) in [6.45, 7) is 1.97. The molecule has 35 valence electrons. The number of halogens is 1. The molecule has 1 unspecified atom stereocenters. The third kappa shape index (κ3) is 0.929. The molecule has 1 saturated heterocycles. The van der Waals surface area contributed by atoms with Crippen molar-refractivity contribution in [1.82, 2.24) is 10.9 Å². The van der Waals surface area contributed by atoms with Gasteiger partial charge in [0.1, 0.15) is 0 Å². The number of hydrogen-bond acceptors (Lipinski definition) is 2. The van der Waals surface area contributed by atoms with E-state index in [0.29, 0.717) is 4.95 Å². The van der Waals surface area contributed by atoms with Crippen LogP contribution in [0.25, 0.3) is 0 Å². The van der Waals surface area contributed by atoms with Gasteiger partial charge in [0, 0.05) is 6.54 Å². The Hall–Kier alpha value is 0.400. The van der Waals surface area contributed by atoms with Crippen molar-refractivity contribution in [2.45, 2.75) is 11.4 Å². The first kappa shape index (κ1) is 4.56. The first-order valence-electron chi connectivity index (χ1n) is 1.86. The van der Waals surface area contributed by atoms with Crippen LogP contribution in [-0.2, 0) is 0 Å². The minimum Gasteiger partial charge on any atom is -0.252 e. The summed E-state index contributed by atoms with van der Waals surface area (Å²) in [7, 11) is 0. The molecule has 0 spiro atoms. The second kappa shape index (κ2) is 1.91. The Bertz CT molecular complexity index is 42.1. The van der Waals surface area contributed by atoms with Crippen molar-refractivity contribution >= 4 is 15.9 Å². The molecule has 0 amide bonds. The Morgan fingerprint density at radius 2 is 2.67 bits per heavy atom. The van der Waals surface area contributed by atoms with Crippen molar-refractivity contribution in [2.75, 3.05) is 0 Å². The molecule has 2 N–H and O–H groups in total. The molecule has 6 heavy (non-hydrogen) atoms. The summed E-state index contributed by atoms with van der Waals surface area (Å²) < 4.78 is 0. The van der Waals surface area contributed by atoms with Gasteiger partial charge in [-0.3, -0.25) is 5.43 Å². The van der Waals surface area contributed by atoms with Gasteiger partial charge in [0.2, 0.25) is 0 Å². The zero-order valence-corrected chi connectivity index (χ0v) is 4.83. The Morgan fingerprint density at radius 3 is 2.83 bits per heavy atom. The van der Waals surface area contributed by atoms with Crippen molar-refractivity contribution in [1.29, 1.82) is 0 Å². The second-order valence-corrected chi connectivity index (χ2v) is 2.30. The van der Waals surface area contributed by atoms with Crippen LogP contribution >= 0.6 is 15.9 Å². The lowest BCUT2D eigenvalue weighted by Gasteiger charge is -1.92. The third-order valence-electron chi connectivity index (χ3n) is 0.667. The van der Waals surface area contributed by atoms with E-state index in [1.54, 1.807) is 0 Å². The highest BCUT2D eigenvalue weighted by molar-refractivity contribution is 9.09. The van der Waals surface area contributed by atoms with Crippen LogP contribution in [0.15, 0.2) is 0 Å². The summed E-state index contributed by atoms with van der Waals surface area (Å²) in [5, 5.41) is 0. The summed E-state index contributed by atoms with van der Waals surface area (Å²) in [4.78, 5) is 0.442. The van der Waals surface area contributed by atoms with E-state index in [1.807, 2.05) is 6.54 Å². The van der Waals surface area contributed by atoms with E-state index in [9.17, 15) is 0 Å². The molecule has 1 rings (SSSR count). The molecule has 1 aliphatic rings. The highest BCUT2D eigenvalue weighted by Crippen LogP contribution is 2.04. The predicted molar refractivity (Wildman–Crippen MR) is 27.9 cm³/mol. The van der Waals surface area contributed by atoms with Crippen LogP contribution in [-0.4, -0.2) is 4.95 Å². The van der Waals surface area contributed by atoms with E-state index in [0.717, 1.165) is 6.42 Å². The molecule has 0 saturated carbocycles. The minimum absolute atomic E-state index is 0.442. The van der Waals surface area contributed by atoms with Crippen LogP contribution < -0.4 is 10.9 Å². The predicted octanol–water partition coefficient (Wildman–Crippen LogP) is 0.367. The van der Waals surface area contributed by atoms with Crippen molar-refractivity contribution in [2.24, 2.45) is 0 Å². The van der Waals surface area contributed by atoms with Gasteiger partial charge in [-0.15, -0.1) is 0 Å². The van der Waals surface area contributed by atoms with Gasteiger partial charge >= 0.3 is 0 Å². The fraction of sp³-hybridized carbons (Fsp3) is 0.667. The highest BCUT2D eigenvalue weighted by Gasteiger charge is 2.07. The first-order chi connectivity index (χ1) is 2.89. The zero-order valence-electron chi connectivity index (χ0n) is 3.24. The van der Waals surface area contributed by atoms with Gasteiger partial charge < -0.3 is 0 Å². The monoisotopic (exact) mass is 149 g/mol. The van der Waals surface area contributed by atoms with Crippen molar-refractivity contribution < 1.29 is 0 Å². The molecule has 1 radical (unpaired) electrons. The Balaban J connectivity index is 2.18. The minimum atomic E-state index is 0.442. The van der Waals surface area contributed by atoms with Gasteiger partial charge in [0.05, 0.1) is 4.95 Å². The van der Waals surface area contributed by atoms with E-state index >= 15 is 0 Å².